The Morgan fingerprint density at radius 1 is 0.721 bits per heavy atom. The van der Waals surface area contributed by atoms with E-state index in [1.54, 1.807) is 64.7 Å². The third-order valence-electron chi connectivity index (χ3n) is 7.02. The molecule has 2 amide bonds. The number of halogens is 3. The molecule has 0 bridgehead atoms. The minimum absolute atomic E-state index is 0.0228. The molecule has 6 rings (SSSR count). The van der Waals surface area contributed by atoms with Crippen molar-refractivity contribution in [1.29, 1.82) is 0 Å². The van der Waals surface area contributed by atoms with Gasteiger partial charge in [-0.3, -0.25) is 19.4 Å². The molecular formula is C30H35ClF2N8O2. The molecule has 4 heterocycles. The van der Waals surface area contributed by atoms with Crippen molar-refractivity contribution < 1.29 is 18.4 Å². The van der Waals surface area contributed by atoms with Crippen LogP contribution >= 0.6 is 11.6 Å². The van der Waals surface area contributed by atoms with E-state index in [1.807, 2.05) is 11.0 Å². The van der Waals surface area contributed by atoms with Gasteiger partial charge in [0.25, 0.3) is 0 Å². The maximum Gasteiger partial charge on any atom is 0.244 e. The topological polar surface area (TPSA) is 93.6 Å². The predicted octanol–water partition coefficient (Wildman–Crippen LogP) is 3.49. The SMILES string of the molecule is O=C(CCl)N1CCN(c2ccc(F)cc2)CC1.O=C(Cn1cccn1)N1CCN(c2ccc(F)cc2)CC1.c1cn[nH]c1. The molecule has 0 atom stereocenters. The van der Waals surface area contributed by atoms with Crippen molar-refractivity contribution in [1.82, 2.24) is 29.8 Å². The molecule has 2 fully saturated rings. The van der Waals surface area contributed by atoms with Crippen LogP contribution in [0, 0.1) is 11.6 Å². The van der Waals surface area contributed by atoms with Crippen LogP contribution in [0.15, 0.2) is 85.5 Å². The highest BCUT2D eigenvalue weighted by molar-refractivity contribution is 6.27. The van der Waals surface area contributed by atoms with Crippen LogP contribution in [0.25, 0.3) is 0 Å². The minimum atomic E-state index is -0.232. The van der Waals surface area contributed by atoms with Crippen LogP contribution in [0.5, 0.6) is 0 Å². The second-order valence-corrected chi connectivity index (χ2v) is 10.1. The zero-order valence-corrected chi connectivity index (χ0v) is 24.5. The molecule has 0 spiro atoms. The largest absolute Gasteiger partial charge is 0.368 e. The number of benzene rings is 2. The van der Waals surface area contributed by atoms with Gasteiger partial charge in [-0.1, -0.05) is 0 Å². The summed E-state index contributed by atoms with van der Waals surface area (Å²) in [4.78, 5) is 31.4. The lowest BCUT2D eigenvalue weighted by atomic mass is 10.2. The van der Waals surface area contributed by atoms with Crippen molar-refractivity contribution in [2.45, 2.75) is 6.54 Å². The Labute approximate surface area is 254 Å². The average molecular weight is 613 g/mol. The highest BCUT2D eigenvalue weighted by Crippen LogP contribution is 2.18. The number of amides is 2. The van der Waals surface area contributed by atoms with E-state index in [0.29, 0.717) is 26.2 Å². The van der Waals surface area contributed by atoms with Gasteiger partial charge in [0.1, 0.15) is 24.1 Å². The third kappa shape index (κ3) is 9.81. The van der Waals surface area contributed by atoms with Gasteiger partial charge in [-0.2, -0.15) is 10.2 Å². The van der Waals surface area contributed by atoms with E-state index in [1.165, 1.54) is 24.3 Å². The lowest BCUT2D eigenvalue weighted by Crippen LogP contribution is -2.49. The van der Waals surface area contributed by atoms with Crippen LogP contribution in [0.1, 0.15) is 0 Å². The Kier molecular flexibility index (Phi) is 11.9. The zero-order valence-electron chi connectivity index (χ0n) is 23.7. The Bertz CT molecular complexity index is 1340. The fourth-order valence-electron chi connectivity index (χ4n) is 4.66. The van der Waals surface area contributed by atoms with Gasteiger partial charge < -0.3 is 19.6 Å². The van der Waals surface area contributed by atoms with Crippen molar-refractivity contribution in [2.75, 3.05) is 68.0 Å². The zero-order chi connectivity index (χ0) is 30.4. The molecule has 2 aliphatic heterocycles. The lowest BCUT2D eigenvalue weighted by molar-refractivity contribution is -0.132. The molecule has 2 aromatic carbocycles. The van der Waals surface area contributed by atoms with Gasteiger partial charge in [0.2, 0.25) is 11.8 Å². The van der Waals surface area contributed by atoms with Gasteiger partial charge in [0.05, 0.1) is 0 Å². The molecule has 2 saturated heterocycles. The predicted molar refractivity (Wildman–Crippen MR) is 162 cm³/mol. The van der Waals surface area contributed by atoms with Crippen molar-refractivity contribution in [3.8, 4) is 0 Å². The van der Waals surface area contributed by atoms with Crippen LogP contribution in [0.2, 0.25) is 0 Å². The fourth-order valence-corrected chi connectivity index (χ4v) is 4.83. The molecule has 0 aliphatic carbocycles. The molecule has 10 nitrogen and oxygen atoms in total. The fraction of sp³-hybridized carbons (Fsp3) is 0.333. The quantitative estimate of drug-likeness (QED) is 0.347. The molecule has 43 heavy (non-hydrogen) atoms. The number of piperazine rings is 2. The number of carbonyl (C=O) groups is 2. The maximum absolute atomic E-state index is 12.9. The van der Waals surface area contributed by atoms with Crippen molar-refractivity contribution in [3.63, 3.8) is 0 Å². The number of aromatic nitrogens is 4. The second-order valence-electron chi connectivity index (χ2n) is 9.79. The van der Waals surface area contributed by atoms with Gasteiger partial charge in [-0.15, -0.1) is 11.6 Å². The van der Waals surface area contributed by atoms with Crippen LogP contribution in [0.3, 0.4) is 0 Å². The number of aromatic amines is 1. The van der Waals surface area contributed by atoms with E-state index in [4.69, 9.17) is 11.6 Å². The number of nitrogens with one attached hydrogen (secondary N) is 1. The Morgan fingerprint density at radius 2 is 1.23 bits per heavy atom. The molecule has 4 aromatic rings. The van der Waals surface area contributed by atoms with Crippen molar-refractivity contribution in [2.24, 2.45) is 0 Å². The van der Waals surface area contributed by atoms with E-state index >= 15 is 0 Å². The summed E-state index contributed by atoms with van der Waals surface area (Å²) in [6.07, 6.45) is 6.91. The second kappa shape index (κ2) is 16.3. The molecular weight excluding hydrogens is 578 g/mol. The number of hydrogen-bond donors (Lipinski definition) is 1. The standard InChI is InChI=1S/C15H17FN4O.C12H14ClFN2O.C3H4N2/c16-13-2-4-14(5-3-13)18-8-10-19(11-9-18)15(21)12-20-7-1-6-17-20;13-9-12(17)16-7-5-15(6-8-16)11-3-1-10(14)2-4-11;1-2-4-5-3-1/h1-7H,8-12H2;1-4H,5-9H2;1-3H,(H,4,5). The van der Waals surface area contributed by atoms with E-state index < -0.39 is 0 Å². The molecule has 13 heteroatoms. The first-order valence-corrected chi connectivity index (χ1v) is 14.5. The molecule has 0 saturated carbocycles. The Balaban J connectivity index is 0.000000172. The third-order valence-corrected chi connectivity index (χ3v) is 7.25. The first-order chi connectivity index (χ1) is 20.9. The number of hydrogen-bond acceptors (Lipinski definition) is 6. The summed E-state index contributed by atoms with van der Waals surface area (Å²) in [5.74, 6) is -0.365. The van der Waals surface area contributed by atoms with Gasteiger partial charge in [0.15, 0.2) is 0 Å². The highest BCUT2D eigenvalue weighted by Gasteiger charge is 2.22. The minimum Gasteiger partial charge on any atom is -0.368 e. The summed E-state index contributed by atoms with van der Waals surface area (Å²) in [5, 5.41) is 10.3. The number of rotatable bonds is 5. The molecule has 0 unspecified atom stereocenters. The van der Waals surface area contributed by atoms with Gasteiger partial charge in [-0.25, -0.2) is 8.78 Å². The number of H-pyrrole nitrogens is 1. The van der Waals surface area contributed by atoms with E-state index in [0.717, 1.165) is 37.6 Å². The van der Waals surface area contributed by atoms with E-state index in [9.17, 15) is 18.4 Å². The number of nitrogens with zero attached hydrogens (tertiary/aromatic N) is 7. The first kappa shape index (κ1) is 31.5. The van der Waals surface area contributed by atoms with Gasteiger partial charge in [-0.05, 0) is 60.7 Å². The Hall–Kier alpha value is -4.45. The van der Waals surface area contributed by atoms with Crippen LogP contribution < -0.4 is 9.80 Å². The number of carbonyl (C=O) groups excluding carboxylic acids is 2. The monoisotopic (exact) mass is 612 g/mol. The summed E-state index contributed by atoms with van der Waals surface area (Å²) in [5.41, 5.74) is 1.99. The molecule has 1 N–H and O–H groups in total. The number of alkyl halides is 1. The van der Waals surface area contributed by atoms with Crippen LogP contribution in [0.4, 0.5) is 20.2 Å². The number of anilines is 2. The maximum atomic E-state index is 12.9. The molecule has 2 aliphatic rings. The van der Waals surface area contributed by atoms with Crippen LogP contribution in [-0.2, 0) is 16.1 Å². The first-order valence-electron chi connectivity index (χ1n) is 14.0. The summed E-state index contributed by atoms with van der Waals surface area (Å²) in [7, 11) is 0. The summed E-state index contributed by atoms with van der Waals surface area (Å²) in [6.45, 7) is 6.01. The Morgan fingerprint density at radius 3 is 1.60 bits per heavy atom. The van der Waals surface area contributed by atoms with Gasteiger partial charge in [0, 0.05) is 88.5 Å². The van der Waals surface area contributed by atoms with Crippen LogP contribution in [-0.4, -0.2) is 99.8 Å². The summed E-state index contributed by atoms with van der Waals surface area (Å²) >= 11 is 5.51. The average Bonchev–Trinajstić information content (AvgIpc) is 3.80. The van der Waals surface area contributed by atoms with Crippen molar-refractivity contribution >= 4 is 34.8 Å². The normalized spacial score (nSPS) is 14.8. The van der Waals surface area contributed by atoms with Gasteiger partial charge >= 0.3 is 0 Å². The molecule has 0 radical (unpaired) electrons. The lowest BCUT2D eigenvalue weighted by Gasteiger charge is -2.36. The summed E-state index contributed by atoms with van der Waals surface area (Å²) < 4.78 is 27.3. The van der Waals surface area contributed by atoms with Crippen molar-refractivity contribution in [3.05, 3.63) is 97.1 Å². The molecule has 2 aromatic heterocycles. The smallest absolute Gasteiger partial charge is 0.244 e. The van der Waals surface area contributed by atoms with E-state index in [2.05, 4.69) is 25.1 Å². The van der Waals surface area contributed by atoms with E-state index in [-0.39, 0.29) is 35.9 Å². The highest BCUT2D eigenvalue weighted by atomic mass is 35.5. The summed E-state index contributed by atoms with van der Waals surface area (Å²) in [6, 6.07) is 16.5. The molecule has 228 valence electrons.